The van der Waals surface area contributed by atoms with E-state index < -0.39 is 0 Å². The van der Waals surface area contributed by atoms with Crippen molar-refractivity contribution in [2.45, 2.75) is 13.8 Å². The number of benzene rings is 2. The molecule has 2 aromatic carbocycles. The van der Waals surface area contributed by atoms with Gasteiger partial charge in [0.25, 0.3) is 0 Å². The lowest BCUT2D eigenvalue weighted by Crippen LogP contribution is -1.89. The summed E-state index contributed by atoms with van der Waals surface area (Å²) >= 11 is 24.6. The van der Waals surface area contributed by atoms with Crippen LogP contribution in [0.2, 0.25) is 20.1 Å². The van der Waals surface area contributed by atoms with E-state index in [2.05, 4.69) is 0 Å². The first-order valence-electron chi connectivity index (χ1n) is 5.32. The van der Waals surface area contributed by atoms with Crippen molar-refractivity contribution in [3.8, 4) is 11.1 Å². The molecule has 0 aliphatic heterocycles. The van der Waals surface area contributed by atoms with Crippen LogP contribution in [0.25, 0.3) is 11.1 Å². The molecule has 0 unspecified atom stereocenters. The van der Waals surface area contributed by atoms with E-state index >= 15 is 0 Å². The minimum atomic E-state index is 0.578. The van der Waals surface area contributed by atoms with Crippen molar-refractivity contribution >= 4 is 46.4 Å². The highest BCUT2D eigenvalue weighted by atomic mass is 35.5. The number of aryl methyl sites for hydroxylation is 1. The van der Waals surface area contributed by atoms with Crippen molar-refractivity contribution in [3.05, 3.63) is 55.5 Å². The fourth-order valence-corrected chi connectivity index (χ4v) is 2.82. The maximum atomic E-state index is 6.33. The highest BCUT2D eigenvalue weighted by molar-refractivity contribution is 6.37. The Morgan fingerprint density at radius 2 is 1.28 bits per heavy atom. The van der Waals surface area contributed by atoms with E-state index in [9.17, 15) is 0 Å². The Kier molecular flexibility index (Phi) is 4.13. The summed E-state index contributed by atoms with van der Waals surface area (Å²) in [7, 11) is 0. The lowest BCUT2D eigenvalue weighted by molar-refractivity contribution is 1.42. The third-order valence-electron chi connectivity index (χ3n) is 2.82. The van der Waals surface area contributed by atoms with E-state index in [0.717, 1.165) is 22.3 Å². The predicted octanol–water partition coefficient (Wildman–Crippen LogP) is 6.58. The second-order valence-electron chi connectivity index (χ2n) is 4.14. The Bertz CT molecular complexity index is 562. The molecule has 0 aliphatic rings. The summed E-state index contributed by atoms with van der Waals surface area (Å²) in [5.74, 6) is 0. The highest BCUT2D eigenvalue weighted by Gasteiger charge is 2.13. The highest BCUT2D eigenvalue weighted by Crippen LogP contribution is 2.38. The fraction of sp³-hybridized carbons (Fsp3) is 0.143. The first-order valence-corrected chi connectivity index (χ1v) is 6.83. The Morgan fingerprint density at radius 3 is 1.94 bits per heavy atom. The number of hydrogen-bond acceptors (Lipinski definition) is 0. The number of halogens is 4. The van der Waals surface area contributed by atoms with E-state index in [0.29, 0.717) is 20.1 Å². The third-order valence-corrected chi connectivity index (χ3v) is 4.15. The normalized spacial score (nSPS) is 10.8. The van der Waals surface area contributed by atoms with Gasteiger partial charge < -0.3 is 0 Å². The second kappa shape index (κ2) is 5.30. The van der Waals surface area contributed by atoms with Gasteiger partial charge in [0.05, 0.1) is 5.02 Å². The minimum absolute atomic E-state index is 0.578. The predicted molar refractivity (Wildman–Crippen MR) is 81.4 cm³/mol. The maximum absolute atomic E-state index is 6.33. The van der Waals surface area contributed by atoms with Crippen LogP contribution in [0.4, 0.5) is 0 Å². The Balaban J connectivity index is 2.77. The summed E-state index contributed by atoms with van der Waals surface area (Å²) in [6.45, 7) is 3.85. The zero-order chi connectivity index (χ0) is 13.4. The van der Waals surface area contributed by atoms with Crippen LogP contribution in [0, 0.1) is 13.8 Å². The largest absolute Gasteiger partial charge is 0.0843 e. The van der Waals surface area contributed by atoms with Crippen LogP contribution in [-0.2, 0) is 0 Å². The van der Waals surface area contributed by atoms with Gasteiger partial charge in [0.1, 0.15) is 0 Å². The van der Waals surface area contributed by atoms with Crippen molar-refractivity contribution < 1.29 is 0 Å². The van der Waals surface area contributed by atoms with Crippen molar-refractivity contribution in [2.75, 3.05) is 0 Å². The molecule has 0 N–H and O–H groups in total. The van der Waals surface area contributed by atoms with Crippen LogP contribution >= 0.6 is 46.4 Å². The first-order chi connectivity index (χ1) is 8.40. The van der Waals surface area contributed by atoms with Gasteiger partial charge in [-0.2, -0.15) is 0 Å². The van der Waals surface area contributed by atoms with E-state index in [1.165, 1.54) is 0 Å². The van der Waals surface area contributed by atoms with Gasteiger partial charge in [-0.15, -0.1) is 0 Å². The van der Waals surface area contributed by atoms with Crippen LogP contribution < -0.4 is 0 Å². The van der Waals surface area contributed by atoms with E-state index in [4.69, 9.17) is 46.4 Å². The SMILES string of the molecule is Cc1cc(Cl)cc(-c2cc(Cl)cc(Cl)c2C)c1Cl. The molecule has 0 saturated carbocycles. The van der Waals surface area contributed by atoms with Gasteiger partial charge in [0.2, 0.25) is 0 Å². The summed E-state index contributed by atoms with van der Waals surface area (Å²) in [6, 6.07) is 7.22. The topological polar surface area (TPSA) is 0 Å². The van der Waals surface area contributed by atoms with Gasteiger partial charge in [-0.05, 0) is 54.8 Å². The molecule has 2 rings (SSSR count). The van der Waals surface area contributed by atoms with E-state index in [-0.39, 0.29) is 0 Å². The van der Waals surface area contributed by atoms with Gasteiger partial charge >= 0.3 is 0 Å². The summed E-state index contributed by atoms with van der Waals surface area (Å²) in [4.78, 5) is 0. The first kappa shape index (κ1) is 14.0. The van der Waals surface area contributed by atoms with Crippen LogP contribution in [-0.4, -0.2) is 0 Å². The van der Waals surface area contributed by atoms with Crippen molar-refractivity contribution in [2.24, 2.45) is 0 Å². The van der Waals surface area contributed by atoms with Crippen molar-refractivity contribution in [1.82, 2.24) is 0 Å². The molecule has 0 heterocycles. The Labute approximate surface area is 126 Å². The average molecular weight is 320 g/mol. The molecule has 0 aliphatic carbocycles. The molecule has 94 valence electrons. The Hall–Kier alpha value is -0.400. The molecule has 0 amide bonds. The molecule has 4 heteroatoms. The Morgan fingerprint density at radius 1 is 0.722 bits per heavy atom. The van der Waals surface area contributed by atoms with Crippen LogP contribution in [0.1, 0.15) is 11.1 Å². The van der Waals surface area contributed by atoms with Gasteiger partial charge in [-0.1, -0.05) is 46.4 Å². The molecule has 0 aromatic heterocycles. The van der Waals surface area contributed by atoms with Crippen LogP contribution in [0.3, 0.4) is 0 Å². The summed E-state index contributed by atoms with van der Waals surface area (Å²) in [6.07, 6.45) is 0. The van der Waals surface area contributed by atoms with Crippen molar-refractivity contribution in [1.29, 1.82) is 0 Å². The molecule has 0 radical (unpaired) electrons. The molecular weight excluding hydrogens is 310 g/mol. The van der Waals surface area contributed by atoms with Gasteiger partial charge in [0, 0.05) is 20.6 Å². The van der Waals surface area contributed by atoms with E-state index in [1.807, 2.05) is 32.0 Å². The quantitative estimate of drug-likeness (QED) is 0.556. The lowest BCUT2D eigenvalue weighted by Gasteiger charge is -2.12. The molecule has 0 fully saturated rings. The fourth-order valence-electron chi connectivity index (χ4n) is 1.85. The second-order valence-corrected chi connectivity index (χ2v) is 5.80. The van der Waals surface area contributed by atoms with Crippen LogP contribution in [0.5, 0.6) is 0 Å². The molecule has 2 aromatic rings. The number of rotatable bonds is 1. The smallest absolute Gasteiger partial charge is 0.0514 e. The van der Waals surface area contributed by atoms with Gasteiger partial charge in [0.15, 0.2) is 0 Å². The average Bonchev–Trinajstić information content (AvgIpc) is 2.28. The van der Waals surface area contributed by atoms with Gasteiger partial charge in [-0.3, -0.25) is 0 Å². The molecule has 0 spiro atoms. The standard InChI is InChI=1S/C14H10Cl4/c1-7-3-9(15)5-12(14(7)18)11-4-10(16)6-13(17)8(11)2/h3-6H,1-2H3. The van der Waals surface area contributed by atoms with Gasteiger partial charge in [-0.25, -0.2) is 0 Å². The summed E-state index contributed by atoms with van der Waals surface area (Å²) in [5.41, 5.74) is 3.62. The summed E-state index contributed by atoms with van der Waals surface area (Å²) < 4.78 is 0. The molecule has 0 saturated heterocycles. The molecule has 0 nitrogen and oxygen atoms in total. The van der Waals surface area contributed by atoms with Crippen molar-refractivity contribution in [3.63, 3.8) is 0 Å². The zero-order valence-corrected chi connectivity index (χ0v) is 12.8. The maximum Gasteiger partial charge on any atom is 0.0514 e. The monoisotopic (exact) mass is 318 g/mol. The summed E-state index contributed by atoms with van der Waals surface area (Å²) in [5, 5.41) is 2.50. The molecule has 0 bridgehead atoms. The molecular formula is C14H10Cl4. The third kappa shape index (κ3) is 2.62. The molecule has 0 atom stereocenters. The lowest BCUT2D eigenvalue weighted by atomic mass is 9.99. The van der Waals surface area contributed by atoms with Crippen LogP contribution in [0.15, 0.2) is 24.3 Å². The van der Waals surface area contributed by atoms with E-state index in [1.54, 1.807) is 6.07 Å². The number of hydrogen-bond donors (Lipinski definition) is 0. The molecule has 18 heavy (non-hydrogen) atoms. The minimum Gasteiger partial charge on any atom is -0.0843 e. The zero-order valence-electron chi connectivity index (χ0n) is 9.82.